The molecule has 1 saturated heterocycles. The highest BCUT2D eigenvalue weighted by molar-refractivity contribution is 5.97. The van der Waals surface area contributed by atoms with Crippen molar-refractivity contribution in [3.8, 4) is 0 Å². The van der Waals surface area contributed by atoms with E-state index in [0.29, 0.717) is 6.42 Å². The lowest BCUT2D eigenvalue weighted by molar-refractivity contribution is -0.145. The molecule has 2 heteroatoms. The molecular formula is C14H15NO. The van der Waals surface area contributed by atoms with E-state index in [2.05, 4.69) is 26.0 Å². The summed E-state index contributed by atoms with van der Waals surface area (Å²) in [5.41, 5.74) is 3.70. The second-order valence-electron chi connectivity index (χ2n) is 5.07. The molecule has 2 heterocycles. The lowest BCUT2D eigenvalue weighted by Gasteiger charge is -2.46. The van der Waals surface area contributed by atoms with Gasteiger partial charge in [-0.1, -0.05) is 30.3 Å². The molecule has 1 atom stereocenters. The van der Waals surface area contributed by atoms with Crippen molar-refractivity contribution in [1.29, 1.82) is 0 Å². The standard InChI is InChI=1S/C14H15NO/c1-10-8-14(2)9-12(16)15(14)13(10)11-6-4-3-5-7-11/h3-7H,8-9H2,1-2H3. The summed E-state index contributed by atoms with van der Waals surface area (Å²) in [6, 6.07) is 10.2. The summed E-state index contributed by atoms with van der Waals surface area (Å²) in [5.74, 6) is 0.262. The molecule has 3 rings (SSSR count). The molecule has 0 aliphatic carbocycles. The van der Waals surface area contributed by atoms with Crippen molar-refractivity contribution in [1.82, 2.24) is 4.90 Å². The van der Waals surface area contributed by atoms with Crippen LogP contribution in [0.2, 0.25) is 0 Å². The van der Waals surface area contributed by atoms with Gasteiger partial charge < -0.3 is 4.90 Å². The molecule has 2 aliphatic heterocycles. The van der Waals surface area contributed by atoms with Crippen molar-refractivity contribution in [2.45, 2.75) is 32.2 Å². The Morgan fingerprint density at radius 2 is 1.88 bits per heavy atom. The molecule has 82 valence electrons. The Balaban J connectivity index is 2.08. The highest BCUT2D eigenvalue weighted by atomic mass is 16.2. The largest absolute Gasteiger partial charge is 0.305 e. The smallest absolute Gasteiger partial charge is 0.229 e. The fourth-order valence-corrected chi connectivity index (χ4v) is 3.05. The molecule has 16 heavy (non-hydrogen) atoms. The number of nitrogens with zero attached hydrogens (tertiary/aromatic N) is 1. The predicted molar refractivity (Wildman–Crippen MR) is 63.5 cm³/mol. The van der Waals surface area contributed by atoms with E-state index < -0.39 is 0 Å². The average molecular weight is 213 g/mol. The Hall–Kier alpha value is -1.57. The topological polar surface area (TPSA) is 20.3 Å². The Bertz CT molecular complexity index is 489. The Morgan fingerprint density at radius 1 is 1.19 bits per heavy atom. The van der Waals surface area contributed by atoms with E-state index >= 15 is 0 Å². The number of fused-ring (bicyclic) bond motifs is 1. The Morgan fingerprint density at radius 3 is 2.50 bits per heavy atom. The normalized spacial score (nSPS) is 28.1. The maximum Gasteiger partial charge on any atom is 0.229 e. The zero-order valence-corrected chi connectivity index (χ0v) is 9.66. The molecule has 2 nitrogen and oxygen atoms in total. The van der Waals surface area contributed by atoms with E-state index in [1.807, 2.05) is 23.1 Å². The zero-order valence-electron chi connectivity index (χ0n) is 9.66. The monoisotopic (exact) mass is 213 g/mol. The molecule has 1 unspecified atom stereocenters. The Kier molecular flexibility index (Phi) is 1.79. The van der Waals surface area contributed by atoms with Crippen LogP contribution in [-0.4, -0.2) is 16.3 Å². The van der Waals surface area contributed by atoms with E-state index in [1.54, 1.807) is 0 Å². The van der Waals surface area contributed by atoms with Gasteiger partial charge in [-0.25, -0.2) is 0 Å². The van der Waals surface area contributed by atoms with Crippen LogP contribution in [0.5, 0.6) is 0 Å². The number of rotatable bonds is 1. The molecule has 0 N–H and O–H groups in total. The van der Waals surface area contributed by atoms with E-state index in [9.17, 15) is 4.79 Å². The summed E-state index contributed by atoms with van der Waals surface area (Å²) in [5, 5.41) is 0. The summed E-state index contributed by atoms with van der Waals surface area (Å²) in [6.07, 6.45) is 1.71. The minimum Gasteiger partial charge on any atom is -0.305 e. The van der Waals surface area contributed by atoms with Crippen LogP contribution < -0.4 is 0 Å². The van der Waals surface area contributed by atoms with Crippen LogP contribution in [0.3, 0.4) is 0 Å². The summed E-state index contributed by atoms with van der Waals surface area (Å²) in [4.78, 5) is 13.7. The first kappa shape index (κ1) is 9.64. The van der Waals surface area contributed by atoms with Crippen molar-refractivity contribution in [2.24, 2.45) is 0 Å². The molecule has 0 radical (unpaired) electrons. The first-order valence-electron chi connectivity index (χ1n) is 5.70. The quantitative estimate of drug-likeness (QED) is 0.657. The van der Waals surface area contributed by atoms with Crippen molar-refractivity contribution in [2.75, 3.05) is 0 Å². The van der Waals surface area contributed by atoms with Crippen LogP contribution in [0.15, 0.2) is 35.9 Å². The summed E-state index contributed by atoms with van der Waals surface area (Å²) in [7, 11) is 0. The number of carbonyl (C=O) groups is 1. The van der Waals surface area contributed by atoms with Gasteiger partial charge in [0.25, 0.3) is 0 Å². The number of carbonyl (C=O) groups excluding carboxylic acids is 1. The van der Waals surface area contributed by atoms with E-state index in [0.717, 1.165) is 17.7 Å². The number of β-lactam (4-membered cyclic amide) rings is 1. The van der Waals surface area contributed by atoms with Crippen LogP contribution >= 0.6 is 0 Å². The zero-order chi connectivity index (χ0) is 11.3. The van der Waals surface area contributed by atoms with Crippen LogP contribution in [-0.2, 0) is 4.79 Å². The van der Waals surface area contributed by atoms with Crippen molar-refractivity contribution < 1.29 is 4.79 Å². The highest BCUT2D eigenvalue weighted by Gasteiger charge is 2.53. The van der Waals surface area contributed by atoms with Gasteiger partial charge in [-0.15, -0.1) is 0 Å². The lowest BCUT2D eigenvalue weighted by Crippen LogP contribution is -2.57. The van der Waals surface area contributed by atoms with E-state index in [1.165, 1.54) is 5.57 Å². The second-order valence-corrected chi connectivity index (χ2v) is 5.07. The molecule has 0 aromatic heterocycles. The predicted octanol–water partition coefficient (Wildman–Crippen LogP) is 2.81. The van der Waals surface area contributed by atoms with Crippen molar-refractivity contribution in [3.63, 3.8) is 0 Å². The van der Waals surface area contributed by atoms with E-state index in [-0.39, 0.29) is 11.4 Å². The van der Waals surface area contributed by atoms with Crippen LogP contribution in [0.4, 0.5) is 0 Å². The third-order valence-corrected chi connectivity index (χ3v) is 3.64. The highest BCUT2D eigenvalue weighted by Crippen LogP contribution is 2.50. The van der Waals surface area contributed by atoms with Gasteiger partial charge in [0.2, 0.25) is 5.91 Å². The van der Waals surface area contributed by atoms with Crippen LogP contribution in [0.25, 0.3) is 5.70 Å². The molecular weight excluding hydrogens is 198 g/mol. The van der Waals surface area contributed by atoms with Crippen molar-refractivity contribution >= 4 is 11.6 Å². The Labute approximate surface area is 95.6 Å². The fourth-order valence-electron chi connectivity index (χ4n) is 3.05. The summed E-state index contributed by atoms with van der Waals surface area (Å²) >= 11 is 0. The number of benzene rings is 1. The third-order valence-electron chi connectivity index (χ3n) is 3.64. The summed E-state index contributed by atoms with van der Waals surface area (Å²) < 4.78 is 0. The molecule has 0 saturated carbocycles. The molecule has 2 aliphatic rings. The van der Waals surface area contributed by atoms with Gasteiger partial charge in [0.05, 0.1) is 17.7 Å². The maximum absolute atomic E-state index is 11.7. The molecule has 0 bridgehead atoms. The molecule has 1 fully saturated rings. The van der Waals surface area contributed by atoms with Gasteiger partial charge in [-0.05, 0) is 31.4 Å². The number of amides is 1. The van der Waals surface area contributed by atoms with Crippen molar-refractivity contribution in [3.05, 3.63) is 41.5 Å². The van der Waals surface area contributed by atoms with Crippen LogP contribution in [0, 0.1) is 0 Å². The minimum atomic E-state index is 0.0618. The molecule has 1 aromatic rings. The average Bonchev–Trinajstić information content (AvgIpc) is 2.46. The van der Waals surface area contributed by atoms with Gasteiger partial charge in [0.1, 0.15) is 0 Å². The maximum atomic E-state index is 11.7. The van der Waals surface area contributed by atoms with Gasteiger partial charge in [0, 0.05) is 0 Å². The number of hydrogen-bond acceptors (Lipinski definition) is 1. The number of hydrogen-bond donors (Lipinski definition) is 0. The first-order valence-corrected chi connectivity index (χ1v) is 5.70. The second kappa shape index (κ2) is 2.97. The minimum absolute atomic E-state index is 0.0618. The van der Waals surface area contributed by atoms with Gasteiger partial charge in [-0.3, -0.25) is 4.79 Å². The third kappa shape index (κ3) is 1.10. The van der Waals surface area contributed by atoms with Gasteiger partial charge >= 0.3 is 0 Å². The van der Waals surface area contributed by atoms with Gasteiger partial charge in [0.15, 0.2) is 0 Å². The molecule has 1 amide bonds. The van der Waals surface area contributed by atoms with E-state index in [4.69, 9.17) is 0 Å². The van der Waals surface area contributed by atoms with Gasteiger partial charge in [-0.2, -0.15) is 0 Å². The summed E-state index contributed by atoms with van der Waals surface area (Å²) in [6.45, 7) is 4.31. The lowest BCUT2D eigenvalue weighted by atomic mass is 9.85. The molecule has 0 spiro atoms. The van der Waals surface area contributed by atoms with Crippen LogP contribution in [0.1, 0.15) is 32.3 Å². The molecule has 1 aromatic carbocycles. The first-order chi connectivity index (χ1) is 7.62. The fraction of sp³-hybridized carbons (Fsp3) is 0.357. The SMILES string of the molecule is CC1=C(c2ccccc2)N2C(=O)CC2(C)C1.